The van der Waals surface area contributed by atoms with Crippen LogP contribution in [0.4, 0.5) is 0 Å². The summed E-state index contributed by atoms with van der Waals surface area (Å²) in [5, 5.41) is 0. The van der Waals surface area contributed by atoms with Crippen molar-refractivity contribution in [2.75, 3.05) is 0 Å². The van der Waals surface area contributed by atoms with Crippen molar-refractivity contribution in [1.82, 2.24) is 0 Å². The Bertz CT molecular complexity index is 3.61. The van der Waals surface area contributed by atoms with Crippen LogP contribution < -0.4 is 0 Å². The van der Waals surface area contributed by atoms with Gasteiger partial charge in [-0.2, -0.15) is 0 Å². The monoisotopic (exact) mass is 122 g/mol. The van der Waals surface area contributed by atoms with Crippen LogP contribution in [0.2, 0.25) is 0 Å². The summed E-state index contributed by atoms with van der Waals surface area (Å²) in [6, 6.07) is 0. The van der Waals surface area contributed by atoms with Crippen LogP contribution in [0.25, 0.3) is 0 Å². The first-order valence-electron chi connectivity index (χ1n) is 0. The summed E-state index contributed by atoms with van der Waals surface area (Å²) in [7, 11) is 0. The predicted octanol–water partition coefficient (Wildman–Crippen LogP) is 2.54. The van der Waals surface area contributed by atoms with E-state index in [-0.39, 0.29) is 46.2 Å². The summed E-state index contributed by atoms with van der Waals surface area (Å²) in [6.07, 6.45) is 0. The fraction of sp³-hybridized carbons (Fsp3) is 1.00. The second kappa shape index (κ2) is 225. The maximum atomic E-state index is 0. The second-order valence-electron chi connectivity index (χ2n) is 0. The van der Waals surface area contributed by atoms with E-state index in [1.807, 2.05) is 0 Å². The average molecular weight is 123 g/mol. The van der Waals surface area contributed by atoms with E-state index in [1.165, 1.54) is 0 Å². The molecule has 0 unspecified atom stereocenters. The van der Waals surface area contributed by atoms with Gasteiger partial charge in [-0.3, -0.25) is 0 Å². The zero-order chi connectivity index (χ0) is 0. The van der Waals surface area contributed by atoms with Crippen LogP contribution in [0.15, 0.2) is 0 Å². The molecule has 5 heavy (non-hydrogen) atoms. The van der Waals surface area contributed by atoms with Crippen molar-refractivity contribution >= 4 is 0 Å². The number of hydrogen-bond donors (Lipinski definition) is 0. The van der Waals surface area contributed by atoms with Gasteiger partial charge < -0.3 is 0 Å². The van der Waals surface area contributed by atoms with Gasteiger partial charge in [-0.1, -0.05) is 29.7 Å². The van der Waals surface area contributed by atoms with Crippen LogP contribution in [-0.4, -0.2) is 0 Å². The van der Waals surface area contributed by atoms with E-state index in [2.05, 4.69) is 0 Å². The smallest absolute Gasteiger partial charge is 0 e. The van der Waals surface area contributed by atoms with Crippen LogP contribution in [-0.2, 0) is 16.5 Å². The zero-order valence-corrected chi connectivity index (χ0v) is 1.30. The van der Waals surface area contributed by atoms with Crippen LogP contribution in [0.5, 0.6) is 0 Å². The third kappa shape index (κ3) is 115. The Morgan fingerprint density at radius 2 is 0.400 bits per heavy atom. The first-order valence-corrected chi connectivity index (χ1v) is 0. The van der Waals surface area contributed by atoms with Gasteiger partial charge in [0.2, 0.25) is 0 Å². The minimum atomic E-state index is 0. The number of hydrogen-bond acceptors (Lipinski definition) is 0. The maximum absolute atomic E-state index is 0. The normalized spacial score (nSPS) is 0. The molecule has 0 aromatic heterocycles. The molecule has 0 saturated carbocycles. The van der Waals surface area contributed by atoms with Crippen molar-refractivity contribution in [3.05, 3.63) is 0 Å². The summed E-state index contributed by atoms with van der Waals surface area (Å²) < 4.78 is 0. The molecule has 0 aliphatic rings. The molecule has 0 aromatic rings. The van der Waals surface area contributed by atoms with Crippen molar-refractivity contribution < 1.29 is 16.5 Å². The molecule has 1 heteroatoms. The molecule has 42 valence electrons. The van der Waals surface area contributed by atoms with Gasteiger partial charge in [0.25, 0.3) is 0 Å². The first kappa shape index (κ1) is 455. The van der Waals surface area contributed by atoms with Crippen LogP contribution in [0.1, 0.15) is 29.7 Å². The fourth-order valence-electron chi connectivity index (χ4n) is 0. The Hall–Kier alpha value is 0.494. The minimum absolute atomic E-state index is 0. The molecule has 0 radical (unpaired) electrons. The van der Waals surface area contributed by atoms with Crippen molar-refractivity contribution in [2.24, 2.45) is 0 Å². The Labute approximate surface area is 46.9 Å². The molecule has 0 rings (SSSR count). The van der Waals surface area contributed by atoms with E-state index in [1.54, 1.807) is 0 Å². The SMILES string of the molecule is C.C.C.C.[Ni]. The Balaban J connectivity index is 0. The van der Waals surface area contributed by atoms with Crippen molar-refractivity contribution in [3.63, 3.8) is 0 Å². The molecule has 0 aliphatic heterocycles. The molecule has 0 atom stereocenters. The molecule has 0 bridgehead atoms. The van der Waals surface area contributed by atoms with Crippen LogP contribution in [0, 0.1) is 0 Å². The molecule has 0 N–H and O–H groups in total. The van der Waals surface area contributed by atoms with E-state index >= 15 is 0 Å². The van der Waals surface area contributed by atoms with Gasteiger partial charge in [0.1, 0.15) is 0 Å². The van der Waals surface area contributed by atoms with Gasteiger partial charge in [-0.25, -0.2) is 0 Å². The molecule has 0 amide bonds. The van der Waals surface area contributed by atoms with Gasteiger partial charge in [-0.15, -0.1) is 0 Å². The quantitative estimate of drug-likeness (QED) is 0.434. The molecule has 0 spiro atoms. The van der Waals surface area contributed by atoms with Crippen LogP contribution >= 0.6 is 0 Å². The van der Waals surface area contributed by atoms with E-state index in [4.69, 9.17) is 0 Å². The molecular weight excluding hydrogens is 107 g/mol. The Morgan fingerprint density at radius 3 is 0.400 bits per heavy atom. The first-order chi connectivity index (χ1) is 0. The predicted molar refractivity (Wildman–Crippen MR) is 26.9 cm³/mol. The van der Waals surface area contributed by atoms with Crippen molar-refractivity contribution in [3.8, 4) is 0 Å². The number of rotatable bonds is 0. The fourth-order valence-corrected chi connectivity index (χ4v) is 0. The van der Waals surface area contributed by atoms with Crippen molar-refractivity contribution in [1.29, 1.82) is 0 Å². The second-order valence-corrected chi connectivity index (χ2v) is 0. The van der Waals surface area contributed by atoms with E-state index in [9.17, 15) is 0 Å². The molecule has 0 nitrogen and oxygen atoms in total. The van der Waals surface area contributed by atoms with Gasteiger partial charge >= 0.3 is 0 Å². The van der Waals surface area contributed by atoms with Crippen molar-refractivity contribution in [2.45, 2.75) is 29.7 Å². The summed E-state index contributed by atoms with van der Waals surface area (Å²) >= 11 is 0. The zero-order valence-electron chi connectivity index (χ0n) is 0.316. The molecular formula is C4H16Ni. The minimum Gasteiger partial charge on any atom is -0.0776 e. The van der Waals surface area contributed by atoms with Gasteiger partial charge in [0.05, 0.1) is 0 Å². The molecule has 0 aliphatic carbocycles. The molecule has 0 saturated heterocycles. The summed E-state index contributed by atoms with van der Waals surface area (Å²) in [5.41, 5.74) is 0. The summed E-state index contributed by atoms with van der Waals surface area (Å²) in [4.78, 5) is 0. The largest absolute Gasteiger partial charge is 0.0776 e. The molecule has 0 heterocycles. The molecule has 0 aromatic carbocycles. The Kier molecular flexibility index (Phi) is 20500. The van der Waals surface area contributed by atoms with E-state index < -0.39 is 0 Å². The standard InChI is InChI=1S/4CH4.Ni/h4*1H4;. The third-order valence-electron chi connectivity index (χ3n) is 0. The Morgan fingerprint density at radius 1 is 0.400 bits per heavy atom. The van der Waals surface area contributed by atoms with Gasteiger partial charge in [0.15, 0.2) is 0 Å². The van der Waals surface area contributed by atoms with Gasteiger partial charge in [-0.05, 0) is 0 Å². The van der Waals surface area contributed by atoms with Crippen LogP contribution in [0.3, 0.4) is 0 Å². The van der Waals surface area contributed by atoms with E-state index in [0.29, 0.717) is 0 Å². The third-order valence-corrected chi connectivity index (χ3v) is 0. The topological polar surface area (TPSA) is 0 Å². The summed E-state index contributed by atoms with van der Waals surface area (Å²) in [6.45, 7) is 0. The van der Waals surface area contributed by atoms with Gasteiger partial charge in [0, 0.05) is 16.5 Å². The summed E-state index contributed by atoms with van der Waals surface area (Å²) in [5.74, 6) is 0. The average Bonchev–Trinajstić information content (AvgIpc) is 0. The van der Waals surface area contributed by atoms with E-state index in [0.717, 1.165) is 0 Å². The molecule has 0 fully saturated rings. The maximum Gasteiger partial charge on any atom is 0 e.